The Labute approximate surface area is 171 Å². The largest absolute Gasteiger partial charge is 0.493 e. The van der Waals surface area contributed by atoms with E-state index >= 15 is 0 Å². The van der Waals surface area contributed by atoms with Gasteiger partial charge in [0.15, 0.2) is 16.7 Å². The normalized spacial score (nSPS) is 10.8. The van der Waals surface area contributed by atoms with Crippen LogP contribution in [0.15, 0.2) is 71.0 Å². The molecule has 7 nitrogen and oxygen atoms in total. The molecule has 8 heteroatoms. The highest BCUT2D eigenvalue weighted by Crippen LogP contribution is 2.35. The smallest absolute Gasteiger partial charge is 0.336 e. The van der Waals surface area contributed by atoms with Crippen molar-refractivity contribution < 1.29 is 19.4 Å². The first-order chi connectivity index (χ1) is 14.1. The molecule has 146 valence electrons. The third kappa shape index (κ3) is 3.62. The van der Waals surface area contributed by atoms with Crippen LogP contribution in [-0.2, 0) is 0 Å². The first kappa shape index (κ1) is 18.8. The van der Waals surface area contributed by atoms with Gasteiger partial charge in [-0.05, 0) is 30.3 Å². The third-order valence-electron chi connectivity index (χ3n) is 4.36. The molecule has 4 rings (SSSR count). The van der Waals surface area contributed by atoms with Gasteiger partial charge in [-0.15, -0.1) is 0 Å². The average Bonchev–Trinajstić information content (AvgIpc) is 3.22. The number of carbonyl (C=O) groups is 1. The number of fused-ring (bicyclic) bond motifs is 1. The molecule has 2 heterocycles. The quantitative estimate of drug-likeness (QED) is 0.478. The van der Waals surface area contributed by atoms with Gasteiger partial charge < -0.3 is 14.6 Å². The van der Waals surface area contributed by atoms with E-state index in [0.717, 1.165) is 5.56 Å². The topological polar surface area (TPSA) is 86.0 Å². The van der Waals surface area contributed by atoms with Crippen LogP contribution in [0.4, 0.5) is 0 Å². The first-order valence-corrected chi connectivity index (χ1v) is 9.49. The minimum absolute atomic E-state index is 0.226. The number of aromatic carboxylic acids is 1. The second-order valence-electron chi connectivity index (χ2n) is 6.05. The Hall–Kier alpha value is -3.52. The van der Waals surface area contributed by atoms with Crippen molar-refractivity contribution in [1.29, 1.82) is 0 Å². The first-order valence-electron chi connectivity index (χ1n) is 8.67. The summed E-state index contributed by atoms with van der Waals surface area (Å²) in [6.07, 6.45) is 3.48. The number of methoxy groups -OCH3 is 2. The number of nitrogens with zero attached hydrogens (tertiary/aromatic N) is 3. The lowest BCUT2D eigenvalue weighted by molar-refractivity contribution is 0.0693. The zero-order valence-electron chi connectivity index (χ0n) is 15.7. The van der Waals surface area contributed by atoms with Gasteiger partial charge in [0.2, 0.25) is 0 Å². The van der Waals surface area contributed by atoms with Gasteiger partial charge in [0.1, 0.15) is 5.65 Å². The van der Waals surface area contributed by atoms with Crippen molar-refractivity contribution in [2.45, 2.75) is 10.1 Å². The summed E-state index contributed by atoms with van der Waals surface area (Å²) in [6.45, 7) is 0. The summed E-state index contributed by atoms with van der Waals surface area (Å²) in [4.78, 5) is 21.3. The van der Waals surface area contributed by atoms with Gasteiger partial charge in [-0.25, -0.2) is 14.8 Å². The van der Waals surface area contributed by atoms with Gasteiger partial charge in [-0.1, -0.05) is 23.9 Å². The number of hydrogen-bond acceptors (Lipinski definition) is 6. The molecule has 0 unspecified atom stereocenters. The van der Waals surface area contributed by atoms with Crippen molar-refractivity contribution in [3.63, 3.8) is 0 Å². The van der Waals surface area contributed by atoms with Gasteiger partial charge in [0.25, 0.3) is 0 Å². The fraction of sp³-hybridized carbons (Fsp3) is 0.0952. The molecule has 1 N–H and O–H groups in total. The lowest BCUT2D eigenvalue weighted by atomic mass is 10.1. The molecule has 0 aliphatic heterocycles. The molecule has 0 fully saturated rings. The van der Waals surface area contributed by atoms with E-state index in [1.807, 2.05) is 28.7 Å². The highest BCUT2D eigenvalue weighted by molar-refractivity contribution is 7.99. The summed E-state index contributed by atoms with van der Waals surface area (Å²) in [5.41, 5.74) is 2.46. The molecule has 0 saturated heterocycles. The van der Waals surface area contributed by atoms with E-state index in [9.17, 15) is 9.90 Å². The van der Waals surface area contributed by atoms with Crippen LogP contribution in [0.25, 0.3) is 16.9 Å². The summed E-state index contributed by atoms with van der Waals surface area (Å²) < 4.78 is 12.5. The summed E-state index contributed by atoms with van der Waals surface area (Å²) in [5, 5.41) is 10.1. The highest BCUT2D eigenvalue weighted by atomic mass is 32.2. The molecule has 2 aromatic heterocycles. The van der Waals surface area contributed by atoms with Crippen molar-refractivity contribution in [2.24, 2.45) is 0 Å². The van der Waals surface area contributed by atoms with Gasteiger partial charge >= 0.3 is 5.97 Å². The number of carboxylic acids is 1. The molecular formula is C21H17N3O4S. The minimum atomic E-state index is -0.981. The number of rotatable bonds is 6. The Bertz CT molecular complexity index is 1210. The maximum absolute atomic E-state index is 11.6. The van der Waals surface area contributed by atoms with Crippen molar-refractivity contribution in [1.82, 2.24) is 14.4 Å². The van der Waals surface area contributed by atoms with E-state index < -0.39 is 5.97 Å². The monoisotopic (exact) mass is 407 g/mol. The molecule has 29 heavy (non-hydrogen) atoms. The SMILES string of the molecule is COc1ccc(-c2cc3nccn3c(Sc3ccccc3C(=O)O)n2)cc1OC. The molecule has 0 aliphatic rings. The van der Waals surface area contributed by atoms with Gasteiger partial charge in [0, 0.05) is 28.9 Å². The Morgan fingerprint density at radius 3 is 2.62 bits per heavy atom. The van der Waals surface area contributed by atoms with Crippen LogP contribution < -0.4 is 9.47 Å². The Kier molecular flexibility index (Phi) is 5.09. The Morgan fingerprint density at radius 1 is 1.07 bits per heavy atom. The Balaban J connectivity index is 1.83. The lowest BCUT2D eigenvalue weighted by Gasteiger charge is -2.12. The van der Waals surface area contributed by atoms with Gasteiger partial charge in [-0.3, -0.25) is 4.40 Å². The number of benzene rings is 2. The molecule has 0 amide bonds. The van der Waals surface area contributed by atoms with Gasteiger partial charge in [-0.2, -0.15) is 0 Å². The van der Waals surface area contributed by atoms with E-state index in [4.69, 9.17) is 14.5 Å². The molecule has 0 aliphatic carbocycles. The van der Waals surface area contributed by atoms with Crippen LogP contribution in [-0.4, -0.2) is 39.7 Å². The van der Waals surface area contributed by atoms with E-state index in [1.54, 1.807) is 50.9 Å². The molecule has 0 saturated carbocycles. The fourth-order valence-electron chi connectivity index (χ4n) is 2.94. The second kappa shape index (κ2) is 7.84. The van der Waals surface area contributed by atoms with E-state index in [0.29, 0.717) is 32.9 Å². The van der Waals surface area contributed by atoms with Crippen LogP contribution in [0.1, 0.15) is 10.4 Å². The Morgan fingerprint density at radius 2 is 1.86 bits per heavy atom. The number of ether oxygens (including phenoxy) is 2. The summed E-state index contributed by atoms with van der Waals surface area (Å²) in [7, 11) is 3.16. The molecule has 0 radical (unpaired) electrons. The van der Waals surface area contributed by atoms with Crippen LogP contribution >= 0.6 is 11.8 Å². The van der Waals surface area contributed by atoms with Crippen molar-refractivity contribution in [2.75, 3.05) is 14.2 Å². The van der Waals surface area contributed by atoms with E-state index in [1.165, 1.54) is 11.8 Å². The molecule has 0 atom stereocenters. The third-order valence-corrected chi connectivity index (χ3v) is 5.40. The molecule has 4 aromatic rings. The highest BCUT2D eigenvalue weighted by Gasteiger charge is 2.15. The summed E-state index contributed by atoms with van der Waals surface area (Å²) >= 11 is 1.28. The number of aromatic nitrogens is 3. The van der Waals surface area contributed by atoms with Crippen LogP contribution in [0, 0.1) is 0 Å². The molecule has 0 bridgehead atoms. The number of hydrogen-bond donors (Lipinski definition) is 1. The van der Waals surface area contributed by atoms with Gasteiger partial charge in [0.05, 0.1) is 25.5 Å². The van der Waals surface area contributed by atoms with E-state index in [-0.39, 0.29) is 5.56 Å². The zero-order chi connectivity index (χ0) is 20.4. The van der Waals surface area contributed by atoms with Crippen LogP contribution in [0.5, 0.6) is 11.5 Å². The van der Waals surface area contributed by atoms with Crippen molar-refractivity contribution in [3.05, 3.63) is 66.5 Å². The summed E-state index contributed by atoms with van der Waals surface area (Å²) in [5.74, 6) is 0.245. The maximum atomic E-state index is 11.6. The predicted molar refractivity (Wildman–Crippen MR) is 109 cm³/mol. The van der Waals surface area contributed by atoms with E-state index in [2.05, 4.69) is 4.98 Å². The molecule has 0 spiro atoms. The van der Waals surface area contributed by atoms with Crippen LogP contribution in [0.3, 0.4) is 0 Å². The minimum Gasteiger partial charge on any atom is -0.493 e. The standard InChI is InChI=1S/C21H17N3O4S/c1-27-16-8-7-13(11-17(16)28-2)15-12-19-22-9-10-24(19)21(23-15)29-18-6-4-3-5-14(18)20(25)26/h3-12H,1-2H3,(H,25,26). The number of imidazole rings is 1. The number of carboxylic acid groups (broad SMARTS) is 1. The van der Waals surface area contributed by atoms with Crippen LogP contribution in [0.2, 0.25) is 0 Å². The molecule has 2 aromatic carbocycles. The lowest BCUT2D eigenvalue weighted by Crippen LogP contribution is -2.01. The maximum Gasteiger partial charge on any atom is 0.336 e. The molecular weight excluding hydrogens is 390 g/mol. The van der Waals surface area contributed by atoms with Crippen molar-refractivity contribution in [3.8, 4) is 22.8 Å². The zero-order valence-corrected chi connectivity index (χ0v) is 16.5. The predicted octanol–water partition coefficient (Wildman–Crippen LogP) is 4.26. The summed E-state index contributed by atoms with van der Waals surface area (Å²) in [6, 6.07) is 14.3. The fourth-order valence-corrected chi connectivity index (χ4v) is 3.95. The second-order valence-corrected chi connectivity index (χ2v) is 7.06. The average molecular weight is 407 g/mol. The van der Waals surface area contributed by atoms with Crippen molar-refractivity contribution >= 4 is 23.4 Å².